The number of anilines is 2. The maximum absolute atomic E-state index is 13.6. The van der Waals surface area contributed by atoms with Crippen LogP contribution in [0.5, 0.6) is 5.75 Å². The predicted molar refractivity (Wildman–Crippen MR) is 147 cm³/mol. The van der Waals surface area contributed by atoms with Gasteiger partial charge in [0, 0.05) is 42.1 Å². The monoisotopic (exact) mass is 602 g/mol. The average Bonchev–Trinajstić information content (AvgIpc) is 3.26. The molecule has 204 valence electrons. The zero-order chi connectivity index (χ0) is 27.9. The lowest BCUT2D eigenvalue weighted by Crippen LogP contribution is -2.27. The first kappa shape index (κ1) is 29.6. The highest BCUT2D eigenvalue weighted by Gasteiger charge is 2.39. The van der Waals surface area contributed by atoms with Crippen molar-refractivity contribution >= 4 is 67.1 Å². The largest absolute Gasteiger partial charge is 0.387 e. The summed E-state index contributed by atoms with van der Waals surface area (Å²) in [5.41, 5.74) is 1.20. The van der Waals surface area contributed by atoms with Crippen LogP contribution in [0.1, 0.15) is 21.9 Å². The molecule has 1 atom stereocenters. The molecule has 1 unspecified atom stereocenters. The number of nitrogens with zero attached hydrogens (tertiary/aromatic N) is 3. The minimum absolute atomic E-state index is 0.00534. The molecule has 38 heavy (non-hydrogen) atoms. The zero-order valence-electron chi connectivity index (χ0n) is 20.0. The van der Waals surface area contributed by atoms with Gasteiger partial charge in [0.2, 0.25) is 0 Å². The van der Waals surface area contributed by atoms with Crippen LogP contribution in [0.15, 0.2) is 48.0 Å². The van der Waals surface area contributed by atoms with Crippen molar-refractivity contribution in [3.05, 3.63) is 74.8 Å². The molecule has 0 saturated heterocycles. The van der Waals surface area contributed by atoms with Gasteiger partial charge in [0.1, 0.15) is 18.2 Å². The molecule has 11 nitrogen and oxygen atoms in total. The molecule has 0 aliphatic heterocycles. The molecule has 0 fully saturated rings. The number of pyridine rings is 1. The third-order valence-corrected chi connectivity index (χ3v) is 8.25. The molecule has 2 heterocycles. The molecule has 0 aliphatic rings. The van der Waals surface area contributed by atoms with E-state index in [0.717, 1.165) is 17.0 Å². The van der Waals surface area contributed by atoms with Crippen molar-refractivity contribution in [2.45, 2.75) is 12.2 Å². The van der Waals surface area contributed by atoms with E-state index in [9.17, 15) is 23.3 Å². The number of aliphatic hydroxyl groups is 1. The lowest BCUT2D eigenvalue weighted by atomic mass is 10.0. The standard InChI is InChI=1S/C23H24Cl2N4O7S2/c1-15-14-37-23(29(32)33)21(15)22(16-2-7-19(26-12-16)27-20(31)13-30)38(34,35)36-18-5-3-17(4-6-18)28(10-8-24)11-9-25/h2-7,12,14,22,30H,8-11,13H2,1H3,(H,26,27,31). The second kappa shape index (κ2) is 13.2. The number of aromatic nitrogens is 1. The summed E-state index contributed by atoms with van der Waals surface area (Å²) in [4.78, 5) is 28.5. The first-order valence-electron chi connectivity index (χ1n) is 11.1. The summed E-state index contributed by atoms with van der Waals surface area (Å²) < 4.78 is 32.7. The van der Waals surface area contributed by atoms with Crippen molar-refractivity contribution in [1.29, 1.82) is 0 Å². The fourth-order valence-electron chi connectivity index (χ4n) is 3.66. The first-order chi connectivity index (χ1) is 18.1. The van der Waals surface area contributed by atoms with E-state index < -0.39 is 32.8 Å². The van der Waals surface area contributed by atoms with Gasteiger partial charge >= 0.3 is 15.1 Å². The van der Waals surface area contributed by atoms with E-state index >= 15 is 0 Å². The fraction of sp³-hybridized carbons (Fsp3) is 0.304. The Balaban J connectivity index is 2.01. The summed E-state index contributed by atoms with van der Waals surface area (Å²) in [5, 5.41) is 22.6. The summed E-state index contributed by atoms with van der Waals surface area (Å²) in [7, 11) is -4.55. The Morgan fingerprint density at radius 3 is 2.39 bits per heavy atom. The zero-order valence-corrected chi connectivity index (χ0v) is 23.2. The number of thiophene rings is 1. The van der Waals surface area contributed by atoms with Crippen LogP contribution < -0.4 is 14.4 Å². The quantitative estimate of drug-likeness (QED) is 0.127. The third-order valence-electron chi connectivity index (χ3n) is 5.34. The molecule has 1 aromatic carbocycles. The SMILES string of the molecule is Cc1csc([N+](=O)[O-])c1C(c1ccc(NC(=O)CO)nc1)S(=O)(=O)Oc1ccc(N(CCCl)CCCl)cc1. The molecular formula is C23H24Cl2N4O7S2. The van der Waals surface area contributed by atoms with Gasteiger partial charge in [-0.3, -0.25) is 14.9 Å². The van der Waals surface area contributed by atoms with E-state index in [0.29, 0.717) is 30.4 Å². The van der Waals surface area contributed by atoms with E-state index in [-0.39, 0.29) is 27.7 Å². The normalized spacial score (nSPS) is 12.1. The molecule has 0 aliphatic carbocycles. The van der Waals surface area contributed by atoms with Crippen molar-refractivity contribution in [2.75, 3.05) is 41.7 Å². The topological polar surface area (TPSA) is 152 Å². The van der Waals surface area contributed by atoms with E-state index in [1.54, 1.807) is 19.1 Å². The number of carbonyl (C=O) groups is 1. The fourth-order valence-corrected chi connectivity index (χ4v) is 6.59. The Labute approximate surface area is 233 Å². The van der Waals surface area contributed by atoms with Gasteiger partial charge < -0.3 is 19.5 Å². The van der Waals surface area contributed by atoms with Crippen molar-refractivity contribution in [2.24, 2.45) is 0 Å². The Morgan fingerprint density at radius 2 is 1.87 bits per heavy atom. The molecule has 3 aromatic rings. The Hall–Kier alpha value is -2.97. The minimum atomic E-state index is -4.55. The van der Waals surface area contributed by atoms with Gasteiger partial charge in [0.05, 0.1) is 10.5 Å². The van der Waals surface area contributed by atoms with Gasteiger partial charge in [-0.05, 0) is 48.4 Å². The van der Waals surface area contributed by atoms with Crippen LogP contribution in [-0.4, -0.2) is 60.8 Å². The number of hydrogen-bond donors (Lipinski definition) is 2. The molecule has 2 aromatic heterocycles. The number of aliphatic hydroxyl groups excluding tert-OH is 1. The number of aryl methyl sites for hydroxylation is 1. The number of alkyl halides is 2. The molecule has 2 N–H and O–H groups in total. The predicted octanol–water partition coefficient (Wildman–Crippen LogP) is 4.07. The Kier molecular flexibility index (Phi) is 10.3. The van der Waals surface area contributed by atoms with Crippen molar-refractivity contribution in [1.82, 2.24) is 4.98 Å². The molecule has 0 radical (unpaired) electrons. The number of rotatable bonds is 13. The average molecular weight is 604 g/mol. The summed E-state index contributed by atoms with van der Waals surface area (Å²) >= 11 is 12.5. The number of benzene rings is 1. The number of halogens is 2. The number of nitrogens with one attached hydrogen (secondary N) is 1. The number of hydrogen-bond acceptors (Lipinski definition) is 10. The van der Waals surface area contributed by atoms with Crippen LogP contribution in [0.3, 0.4) is 0 Å². The van der Waals surface area contributed by atoms with Crippen LogP contribution in [0, 0.1) is 17.0 Å². The Bertz CT molecular complexity index is 1360. The van der Waals surface area contributed by atoms with Crippen LogP contribution in [0.4, 0.5) is 16.5 Å². The van der Waals surface area contributed by atoms with Gasteiger partial charge in [0.15, 0.2) is 5.25 Å². The van der Waals surface area contributed by atoms with Crippen LogP contribution >= 0.6 is 34.5 Å². The number of carbonyl (C=O) groups excluding carboxylic acids is 1. The van der Waals surface area contributed by atoms with E-state index in [4.69, 9.17) is 32.5 Å². The molecule has 3 rings (SSSR count). The number of amides is 1. The summed E-state index contributed by atoms with van der Waals surface area (Å²) in [6, 6.07) is 8.97. The van der Waals surface area contributed by atoms with E-state index in [1.807, 2.05) is 4.90 Å². The van der Waals surface area contributed by atoms with Crippen LogP contribution in [0.25, 0.3) is 0 Å². The lowest BCUT2D eigenvalue weighted by Gasteiger charge is -2.23. The summed E-state index contributed by atoms with van der Waals surface area (Å²) in [5.74, 6) is 0.114. The maximum atomic E-state index is 13.6. The van der Waals surface area contributed by atoms with Crippen LogP contribution in [0.2, 0.25) is 0 Å². The minimum Gasteiger partial charge on any atom is -0.387 e. The van der Waals surface area contributed by atoms with Gasteiger partial charge in [-0.15, -0.1) is 23.2 Å². The molecule has 0 saturated carbocycles. The third kappa shape index (κ3) is 7.11. The first-order valence-corrected chi connectivity index (χ1v) is 14.5. The lowest BCUT2D eigenvalue weighted by molar-refractivity contribution is -0.380. The van der Waals surface area contributed by atoms with E-state index in [2.05, 4.69) is 10.3 Å². The van der Waals surface area contributed by atoms with Crippen molar-refractivity contribution in [3.63, 3.8) is 0 Å². The van der Waals surface area contributed by atoms with Crippen molar-refractivity contribution in [3.8, 4) is 5.75 Å². The van der Waals surface area contributed by atoms with Crippen molar-refractivity contribution < 1.29 is 27.4 Å². The van der Waals surface area contributed by atoms with Gasteiger partial charge in [-0.2, -0.15) is 8.42 Å². The molecule has 15 heteroatoms. The second-order valence-electron chi connectivity index (χ2n) is 7.89. The smallest absolute Gasteiger partial charge is 0.329 e. The van der Waals surface area contributed by atoms with Crippen LogP contribution in [-0.2, 0) is 14.9 Å². The highest BCUT2D eigenvalue weighted by molar-refractivity contribution is 7.87. The highest BCUT2D eigenvalue weighted by atomic mass is 35.5. The second-order valence-corrected chi connectivity index (χ2v) is 11.1. The highest BCUT2D eigenvalue weighted by Crippen LogP contribution is 2.42. The van der Waals surface area contributed by atoms with Gasteiger partial charge in [0.25, 0.3) is 5.91 Å². The Morgan fingerprint density at radius 1 is 1.21 bits per heavy atom. The van der Waals surface area contributed by atoms with Gasteiger partial charge in [-0.1, -0.05) is 17.4 Å². The molecule has 1 amide bonds. The van der Waals surface area contributed by atoms with Gasteiger partial charge in [-0.25, -0.2) is 4.98 Å². The van der Waals surface area contributed by atoms with E-state index in [1.165, 1.54) is 35.8 Å². The molecular weight excluding hydrogens is 579 g/mol. The molecule has 0 spiro atoms. The number of nitro groups is 1. The summed E-state index contributed by atoms with van der Waals surface area (Å²) in [6.45, 7) is 1.89. The maximum Gasteiger partial charge on any atom is 0.329 e. The summed E-state index contributed by atoms with van der Waals surface area (Å²) in [6.07, 6.45) is 1.18. The molecule has 0 bridgehead atoms.